The number of carbonyl (C=O) groups excluding carboxylic acids is 4. The third kappa shape index (κ3) is 14.8. The van der Waals surface area contributed by atoms with Crippen LogP contribution in [0.3, 0.4) is 0 Å². The molecule has 0 saturated carbocycles. The molecule has 14 heteroatoms. The van der Waals surface area contributed by atoms with Gasteiger partial charge in [-0.2, -0.15) is 12.6 Å². The monoisotopic (exact) mass is 589 g/mol. The van der Waals surface area contributed by atoms with E-state index in [-0.39, 0.29) is 30.4 Å². The molecule has 0 fully saturated rings. The third-order valence-corrected chi connectivity index (χ3v) is 6.68. The number of carboxylic acid groups (broad SMARTS) is 1. The third-order valence-electron chi connectivity index (χ3n) is 6.32. The van der Waals surface area contributed by atoms with Crippen LogP contribution in [0.5, 0.6) is 0 Å². The first-order valence-electron chi connectivity index (χ1n) is 14.0. The van der Waals surface area contributed by atoms with Crippen LogP contribution in [-0.2, 0) is 24.0 Å². The Kier molecular flexibility index (Phi) is 19.2. The van der Waals surface area contributed by atoms with Crippen molar-refractivity contribution in [3.05, 3.63) is 0 Å². The second-order valence-electron chi connectivity index (χ2n) is 10.7. The first kappa shape index (κ1) is 37.6. The summed E-state index contributed by atoms with van der Waals surface area (Å²) in [4.78, 5) is 63.6. The lowest BCUT2D eigenvalue weighted by atomic mass is 9.99. The summed E-state index contributed by atoms with van der Waals surface area (Å²) >= 11 is 3.97. The molecule has 0 unspecified atom stereocenters. The van der Waals surface area contributed by atoms with Gasteiger partial charge in [0.2, 0.25) is 23.6 Å². The first-order chi connectivity index (χ1) is 18.8. The van der Waals surface area contributed by atoms with E-state index in [1.54, 1.807) is 13.8 Å². The van der Waals surface area contributed by atoms with Crippen molar-refractivity contribution in [2.45, 2.75) is 103 Å². The minimum absolute atomic E-state index is 0.0560. The van der Waals surface area contributed by atoms with Gasteiger partial charge in [0.1, 0.15) is 24.2 Å². The average Bonchev–Trinajstić information content (AvgIpc) is 2.88. The number of nitrogens with two attached hydrogens (primary N) is 3. The molecule has 0 spiro atoms. The molecule has 0 aromatic rings. The van der Waals surface area contributed by atoms with Crippen molar-refractivity contribution >= 4 is 42.2 Å². The highest BCUT2D eigenvalue weighted by atomic mass is 32.1. The highest BCUT2D eigenvalue weighted by molar-refractivity contribution is 7.80. The number of amides is 4. The predicted octanol–water partition coefficient (Wildman–Crippen LogP) is -0.773. The summed E-state index contributed by atoms with van der Waals surface area (Å²) < 4.78 is 0. The Hall–Kier alpha value is -2.42. The van der Waals surface area contributed by atoms with Gasteiger partial charge in [0.15, 0.2) is 0 Å². The largest absolute Gasteiger partial charge is 0.480 e. The van der Waals surface area contributed by atoms with E-state index in [1.165, 1.54) is 0 Å². The molecule has 0 radical (unpaired) electrons. The van der Waals surface area contributed by atoms with Crippen LogP contribution in [0.2, 0.25) is 0 Å². The van der Waals surface area contributed by atoms with Gasteiger partial charge < -0.3 is 43.6 Å². The number of aliphatic carboxylic acids is 1. The Morgan fingerprint density at radius 2 is 1.07 bits per heavy atom. The van der Waals surface area contributed by atoms with Crippen LogP contribution in [0.25, 0.3) is 0 Å². The summed E-state index contributed by atoms with van der Waals surface area (Å²) in [7, 11) is 0. The molecule has 11 N–H and O–H groups in total. The molecule has 0 aromatic heterocycles. The number of rotatable bonds is 21. The van der Waals surface area contributed by atoms with E-state index in [4.69, 9.17) is 17.2 Å². The van der Waals surface area contributed by atoms with Crippen molar-refractivity contribution in [1.82, 2.24) is 21.3 Å². The Balaban J connectivity index is 5.83. The molecule has 40 heavy (non-hydrogen) atoms. The van der Waals surface area contributed by atoms with Gasteiger partial charge >= 0.3 is 5.97 Å². The summed E-state index contributed by atoms with van der Waals surface area (Å²) in [5.74, 6) is -3.76. The predicted molar refractivity (Wildman–Crippen MR) is 157 cm³/mol. The van der Waals surface area contributed by atoms with Gasteiger partial charge in [-0.25, -0.2) is 4.79 Å². The molecule has 232 valence electrons. The smallest absolute Gasteiger partial charge is 0.327 e. The SMILES string of the molecule is CC(C)C[C@H](NC(=O)[C@@H](N)C(C)C)C(=O)N[C@@H](CCCCN)C(=O)N[C@@H](CCCCN)C(=O)N[C@@H](CS)C(=O)O. The maximum absolute atomic E-state index is 13.4. The van der Waals surface area contributed by atoms with Gasteiger partial charge in [-0.15, -0.1) is 0 Å². The van der Waals surface area contributed by atoms with Gasteiger partial charge in [-0.1, -0.05) is 27.7 Å². The van der Waals surface area contributed by atoms with Crippen LogP contribution in [0, 0.1) is 11.8 Å². The zero-order chi connectivity index (χ0) is 30.8. The lowest BCUT2D eigenvalue weighted by Gasteiger charge is -2.27. The Bertz CT molecular complexity index is 814. The van der Waals surface area contributed by atoms with Crippen molar-refractivity contribution in [3.63, 3.8) is 0 Å². The van der Waals surface area contributed by atoms with E-state index in [9.17, 15) is 29.1 Å². The Labute approximate surface area is 243 Å². The van der Waals surface area contributed by atoms with Crippen LogP contribution >= 0.6 is 12.6 Å². The minimum atomic E-state index is -1.25. The van der Waals surface area contributed by atoms with E-state index in [1.807, 2.05) is 13.8 Å². The quantitative estimate of drug-likeness (QED) is 0.0603. The molecule has 4 amide bonds. The fourth-order valence-electron chi connectivity index (χ4n) is 3.80. The normalized spacial score (nSPS) is 15.1. The molecular formula is C26H51N7O6S. The molecule has 0 saturated heterocycles. The van der Waals surface area contributed by atoms with Crippen LogP contribution in [0.15, 0.2) is 0 Å². The van der Waals surface area contributed by atoms with E-state index in [0.29, 0.717) is 45.2 Å². The molecule has 5 atom stereocenters. The fourth-order valence-corrected chi connectivity index (χ4v) is 4.05. The standard InChI is InChI=1S/C26H51N7O6S/c1-15(2)13-19(32-25(37)21(29)16(3)4)24(36)31-17(9-5-7-11-27)22(34)30-18(10-6-8-12-28)23(35)33-20(14-40)26(38)39/h15-21,40H,5-14,27-29H2,1-4H3,(H,30,34)(H,31,36)(H,32,37)(H,33,35)(H,38,39)/t17-,18-,19-,20-,21-/m0/s1. The topological polar surface area (TPSA) is 232 Å². The number of nitrogens with one attached hydrogen (secondary N) is 4. The summed E-state index contributed by atoms with van der Waals surface area (Å²) in [6, 6.07) is -5.02. The Morgan fingerprint density at radius 1 is 0.675 bits per heavy atom. The molecule has 0 bridgehead atoms. The highest BCUT2D eigenvalue weighted by Gasteiger charge is 2.32. The molecule has 0 aliphatic carbocycles. The summed E-state index contributed by atoms with van der Waals surface area (Å²) in [6.45, 7) is 8.19. The molecule has 0 aromatic carbocycles. The maximum Gasteiger partial charge on any atom is 0.327 e. The lowest BCUT2D eigenvalue weighted by Crippen LogP contribution is -2.59. The van der Waals surface area contributed by atoms with Gasteiger partial charge in [0, 0.05) is 5.75 Å². The lowest BCUT2D eigenvalue weighted by molar-refractivity contribution is -0.141. The zero-order valence-electron chi connectivity index (χ0n) is 24.3. The van der Waals surface area contributed by atoms with Gasteiger partial charge in [0.25, 0.3) is 0 Å². The van der Waals surface area contributed by atoms with Crippen molar-refractivity contribution in [3.8, 4) is 0 Å². The van der Waals surface area contributed by atoms with Crippen molar-refractivity contribution in [2.24, 2.45) is 29.0 Å². The number of carboxylic acids is 1. The highest BCUT2D eigenvalue weighted by Crippen LogP contribution is 2.10. The maximum atomic E-state index is 13.4. The Morgan fingerprint density at radius 3 is 1.43 bits per heavy atom. The van der Waals surface area contributed by atoms with Crippen LogP contribution in [-0.4, -0.2) is 83.8 Å². The summed E-state index contributed by atoms with van der Waals surface area (Å²) in [5, 5.41) is 19.8. The van der Waals surface area contributed by atoms with E-state index >= 15 is 0 Å². The molecule has 0 aliphatic rings. The molecular weight excluding hydrogens is 538 g/mol. The molecule has 0 rings (SSSR count). The van der Waals surface area contributed by atoms with Gasteiger partial charge in [0.05, 0.1) is 6.04 Å². The zero-order valence-corrected chi connectivity index (χ0v) is 25.2. The number of hydrogen-bond acceptors (Lipinski definition) is 9. The summed E-state index contributed by atoms with van der Waals surface area (Å²) in [5.41, 5.74) is 17.1. The second kappa shape index (κ2) is 20.5. The van der Waals surface area contributed by atoms with Gasteiger partial charge in [-0.05, 0) is 69.9 Å². The van der Waals surface area contributed by atoms with E-state index in [2.05, 4.69) is 33.9 Å². The number of carbonyl (C=O) groups is 5. The second-order valence-corrected chi connectivity index (χ2v) is 11.1. The number of unbranched alkanes of at least 4 members (excludes halogenated alkanes) is 2. The first-order valence-corrected chi connectivity index (χ1v) is 14.6. The van der Waals surface area contributed by atoms with Crippen molar-refractivity contribution in [2.75, 3.05) is 18.8 Å². The number of thiol groups is 1. The average molecular weight is 590 g/mol. The van der Waals surface area contributed by atoms with Crippen molar-refractivity contribution in [1.29, 1.82) is 0 Å². The van der Waals surface area contributed by atoms with Crippen LogP contribution in [0.4, 0.5) is 0 Å². The fraction of sp³-hybridized carbons (Fsp3) is 0.808. The summed E-state index contributed by atoms with van der Waals surface area (Å²) in [6.07, 6.45) is 3.03. The van der Waals surface area contributed by atoms with E-state index in [0.717, 1.165) is 0 Å². The van der Waals surface area contributed by atoms with Crippen LogP contribution in [0.1, 0.15) is 72.6 Å². The van der Waals surface area contributed by atoms with Crippen molar-refractivity contribution < 1.29 is 29.1 Å². The number of hydrogen-bond donors (Lipinski definition) is 9. The van der Waals surface area contributed by atoms with E-state index < -0.39 is 59.8 Å². The molecule has 0 heterocycles. The molecule has 13 nitrogen and oxygen atoms in total. The van der Waals surface area contributed by atoms with Crippen LogP contribution < -0.4 is 38.5 Å². The minimum Gasteiger partial charge on any atom is -0.480 e. The van der Waals surface area contributed by atoms with Gasteiger partial charge in [-0.3, -0.25) is 19.2 Å². The molecule has 0 aliphatic heterocycles.